The van der Waals surface area contributed by atoms with Crippen molar-refractivity contribution in [2.45, 2.75) is 45.1 Å². The van der Waals surface area contributed by atoms with E-state index >= 15 is 0 Å². The summed E-state index contributed by atoms with van der Waals surface area (Å²) in [5, 5.41) is 2.54. The second-order valence-corrected chi connectivity index (χ2v) is 10.2. The van der Waals surface area contributed by atoms with E-state index in [1.54, 1.807) is 64.3 Å². The molecule has 0 radical (unpaired) electrons. The summed E-state index contributed by atoms with van der Waals surface area (Å²) in [4.78, 5) is 39.4. The predicted octanol–water partition coefficient (Wildman–Crippen LogP) is 5.33. The molecule has 1 aliphatic heterocycles. The van der Waals surface area contributed by atoms with Crippen molar-refractivity contribution in [3.8, 4) is 5.88 Å². The number of fused-ring (bicyclic) bond motifs is 1. The Kier molecular flexibility index (Phi) is 8.08. The molecule has 4 rings (SSSR count). The van der Waals surface area contributed by atoms with Gasteiger partial charge in [-0.1, -0.05) is 30.4 Å². The molecule has 0 bridgehead atoms. The van der Waals surface area contributed by atoms with E-state index in [-0.39, 0.29) is 24.0 Å². The number of nitrogens with zero attached hydrogens (tertiary/aromatic N) is 4. The van der Waals surface area contributed by atoms with Crippen molar-refractivity contribution in [1.82, 2.24) is 14.9 Å². The van der Waals surface area contributed by atoms with Crippen LogP contribution in [-0.2, 0) is 22.3 Å². The van der Waals surface area contributed by atoms with Gasteiger partial charge in [0, 0.05) is 30.3 Å². The molecule has 1 aliphatic carbocycles. The van der Waals surface area contributed by atoms with E-state index in [0.29, 0.717) is 11.3 Å². The first-order valence-corrected chi connectivity index (χ1v) is 12.3. The summed E-state index contributed by atoms with van der Waals surface area (Å²) in [6.45, 7) is 5.50. The Bertz CT molecular complexity index is 1410. The van der Waals surface area contributed by atoms with Crippen molar-refractivity contribution in [2.24, 2.45) is 10.9 Å². The van der Waals surface area contributed by atoms with Crippen LogP contribution in [0.5, 0.6) is 5.88 Å². The minimum Gasteiger partial charge on any atom is -0.444 e. The molecular weight excluding hydrogens is 527 g/mol. The van der Waals surface area contributed by atoms with Gasteiger partial charge in [0.2, 0.25) is 11.8 Å². The van der Waals surface area contributed by atoms with Gasteiger partial charge in [-0.15, -0.1) is 0 Å². The summed E-state index contributed by atoms with van der Waals surface area (Å²) in [5.74, 6) is -0.512. The SMILES string of the molecule is CN(Cc1cc(OC2=NC3C=CC=C(C(=O)Nc4cccc(C(F)(F)F)c4)C3C=C2)ncn1)C(=O)OC(C)(C)C. The van der Waals surface area contributed by atoms with Crippen molar-refractivity contribution in [2.75, 3.05) is 12.4 Å². The average Bonchev–Trinajstić information content (AvgIpc) is 2.87. The minimum atomic E-state index is -4.52. The molecule has 40 heavy (non-hydrogen) atoms. The van der Waals surface area contributed by atoms with Crippen LogP contribution >= 0.6 is 0 Å². The molecule has 2 aromatic rings. The number of rotatable bonds is 5. The van der Waals surface area contributed by atoms with Crippen LogP contribution in [0.4, 0.5) is 23.7 Å². The van der Waals surface area contributed by atoms with Gasteiger partial charge in [-0.3, -0.25) is 4.79 Å². The van der Waals surface area contributed by atoms with Crippen molar-refractivity contribution in [3.05, 3.63) is 83.9 Å². The van der Waals surface area contributed by atoms with Gasteiger partial charge in [0.1, 0.15) is 11.9 Å². The molecule has 2 unspecified atom stereocenters. The fraction of sp³-hybridized carbons (Fsp3) is 0.321. The number of dihydropyridines is 1. The molecular formula is C28H28F3N5O4. The van der Waals surface area contributed by atoms with Crippen LogP contribution in [0.1, 0.15) is 32.0 Å². The Morgan fingerprint density at radius 1 is 1.10 bits per heavy atom. The first kappa shape index (κ1) is 28.5. The van der Waals surface area contributed by atoms with E-state index < -0.39 is 41.3 Å². The maximum atomic E-state index is 13.0. The Balaban J connectivity index is 1.40. The van der Waals surface area contributed by atoms with E-state index in [1.165, 1.54) is 23.4 Å². The summed E-state index contributed by atoms with van der Waals surface area (Å²) >= 11 is 0. The number of ether oxygens (including phenoxy) is 2. The number of aliphatic imine (C=N–C) groups is 1. The van der Waals surface area contributed by atoms with Crippen LogP contribution in [0.2, 0.25) is 0 Å². The van der Waals surface area contributed by atoms with E-state index in [4.69, 9.17) is 9.47 Å². The van der Waals surface area contributed by atoms with Gasteiger partial charge >= 0.3 is 12.3 Å². The number of anilines is 1. The van der Waals surface area contributed by atoms with E-state index in [0.717, 1.165) is 12.1 Å². The standard InChI is InChI=1S/C28H28F3N5O4/c1-27(2,3)40-26(38)36(4)15-19-14-24(33-16-32-19)39-23-12-11-20-21(9-6-10-22(20)35-23)25(37)34-18-8-5-7-17(13-18)28(29,30)31/h5-14,16,20,22H,15H2,1-4H3,(H,34,37). The van der Waals surface area contributed by atoms with Crippen molar-refractivity contribution in [1.29, 1.82) is 0 Å². The molecule has 12 heteroatoms. The molecule has 0 spiro atoms. The minimum absolute atomic E-state index is 0.0380. The molecule has 1 aromatic carbocycles. The van der Waals surface area contributed by atoms with E-state index in [1.807, 2.05) is 0 Å². The zero-order valence-corrected chi connectivity index (χ0v) is 22.3. The van der Waals surface area contributed by atoms with Gasteiger partial charge < -0.3 is 19.7 Å². The molecule has 9 nitrogen and oxygen atoms in total. The Morgan fingerprint density at radius 2 is 1.88 bits per heavy atom. The second-order valence-electron chi connectivity index (χ2n) is 10.2. The third-order valence-electron chi connectivity index (χ3n) is 5.76. The van der Waals surface area contributed by atoms with Gasteiger partial charge in [-0.25, -0.2) is 19.8 Å². The molecule has 0 saturated carbocycles. The van der Waals surface area contributed by atoms with Gasteiger partial charge in [-0.2, -0.15) is 13.2 Å². The zero-order chi connectivity index (χ0) is 29.1. The summed E-state index contributed by atoms with van der Waals surface area (Å²) in [6, 6.07) is 5.57. The van der Waals surface area contributed by atoms with Gasteiger partial charge in [0.05, 0.1) is 23.8 Å². The number of nitrogens with one attached hydrogen (secondary N) is 1. The molecule has 0 saturated heterocycles. The number of hydrogen-bond donors (Lipinski definition) is 1. The highest BCUT2D eigenvalue weighted by Crippen LogP contribution is 2.32. The van der Waals surface area contributed by atoms with Crippen LogP contribution < -0.4 is 10.1 Å². The second kappa shape index (κ2) is 11.3. The molecule has 2 heterocycles. The quantitative estimate of drug-likeness (QED) is 0.535. The lowest BCUT2D eigenvalue weighted by Gasteiger charge is -2.27. The number of amides is 2. The fourth-order valence-corrected chi connectivity index (χ4v) is 3.94. The average molecular weight is 556 g/mol. The summed E-state index contributed by atoms with van der Waals surface area (Å²) in [5.41, 5.74) is -0.579. The number of halogens is 3. The maximum Gasteiger partial charge on any atom is 0.416 e. The molecule has 1 aromatic heterocycles. The van der Waals surface area contributed by atoms with Gasteiger partial charge in [0.15, 0.2) is 0 Å². The Labute approximate surface area is 229 Å². The first-order chi connectivity index (χ1) is 18.8. The number of allylic oxidation sites excluding steroid dienone is 2. The zero-order valence-electron chi connectivity index (χ0n) is 22.3. The Hall–Kier alpha value is -4.48. The molecule has 2 atom stereocenters. The number of hydrogen-bond acceptors (Lipinski definition) is 7. The smallest absolute Gasteiger partial charge is 0.416 e. The molecule has 2 amide bonds. The number of carbonyl (C=O) groups excluding carboxylic acids is 2. The third kappa shape index (κ3) is 7.33. The Morgan fingerprint density at radius 3 is 2.60 bits per heavy atom. The summed E-state index contributed by atoms with van der Waals surface area (Å²) in [6.07, 6.45) is 4.69. The fourth-order valence-electron chi connectivity index (χ4n) is 3.94. The highest BCUT2D eigenvalue weighted by molar-refractivity contribution is 6.05. The van der Waals surface area contributed by atoms with Gasteiger partial charge in [0.25, 0.3) is 5.91 Å². The predicted molar refractivity (Wildman–Crippen MR) is 142 cm³/mol. The lowest BCUT2D eigenvalue weighted by Crippen LogP contribution is -2.34. The van der Waals surface area contributed by atoms with Crippen LogP contribution in [0, 0.1) is 5.92 Å². The number of carbonyl (C=O) groups is 2. The molecule has 1 N–H and O–H groups in total. The van der Waals surface area contributed by atoms with Crippen molar-refractivity contribution < 1.29 is 32.2 Å². The summed E-state index contributed by atoms with van der Waals surface area (Å²) in [7, 11) is 1.59. The van der Waals surface area contributed by atoms with Crippen LogP contribution in [0.15, 0.2) is 77.6 Å². The molecule has 0 fully saturated rings. The van der Waals surface area contributed by atoms with Crippen LogP contribution in [0.3, 0.4) is 0 Å². The normalized spacial score (nSPS) is 18.3. The summed E-state index contributed by atoms with van der Waals surface area (Å²) < 4.78 is 50.3. The van der Waals surface area contributed by atoms with E-state index in [9.17, 15) is 22.8 Å². The lowest BCUT2D eigenvalue weighted by atomic mass is 9.85. The highest BCUT2D eigenvalue weighted by atomic mass is 19.4. The van der Waals surface area contributed by atoms with Crippen LogP contribution in [-0.4, -0.2) is 51.5 Å². The van der Waals surface area contributed by atoms with Gasteiger partial charge in [-0.05, 0) is 45.0 Å². The largest absolute Gasteiger partial charge is 0.444 e. The van der Waals surface area contributed by atoms with E-state index in [2.05, 4.69) is 20.3 Å². The topological polar surface area (TPSA) is 106 Å². The molecule has 210 valence electrons. The first-order valence-electron chi connectivity index (χ1n) is 12.3. The van der Waals surface area contributed by atoms with Crippen molar-refractivity contribution >= 4 is 23.6 Å². The third-order valence-corrected chi connectivity index (χ3v) is 5.76. The maximum absolute atomic E-state index is 13.0. The van der Waals surface area contributed by atoms with Crippen LogP contribution in [0.25, 0.3) is 0 Å². The number of aromatic nitrogens is 2. The highest BCUT2D eigenvalue weighted by Gasteiger charge is 2.32. The lowest BCUT2D eigenvalue weighted by molar-refractivity contribution is -0.137. The van der Waals surface area contributed by atoms with Crippen molar-refractivity contribution in [3.63, 3.8) is 0 Å². The molecule has 2 aliphatic rings. The number of alkyl halides is 3. The number of benzene rings is 1. The monoisotopic (exact) mass is 555 g/mol.